The molecule has 138 valence electrons. The number of para-hydroxylation sites is 3. The van der Waals surface area contributed by atoms with Crippen LogP contribution in [0.1, 0.15) is 12.8 Å². The molecular formula is C19H18N4O3S. The Morgan fingerprint density at radius 2 is 1.89 bits per heavy atom. The van der Waals surface area contributed by atoms with Gasteiger partial charge < -0.3 is 8.98 Å². The first-order valence-electron chi connectivity index (χ1n) is 8.59. The molecule has 1 N–H and O–H groups in total. The van der Waals surface area contributed by atoms with Gasteiger partial charge in [-0.05, 0) is 30.7 Å². The first kappa shape index (κ1) is 17.3. The van der Waals surface area contributed by atoms with Crippen LogP contribution in [0.25, 0.3) is 21.3 Å². The predicted molar refractivity (Wildman–Crippen MR) is 104 cm³/mol. The van der Waals surface area contributed by atoms with E-state index in [-0.39, 0.29) is 12.3 Å². The molecule has 27 heavy (non-hydrogen) atoms. The molecule has 0 aliphatic heterocycles. The number of benzene rings is 2. The van der Waals surface area contributed by atoms with Gasteiger partial charge in [-0.2, -0.15) is 0 Å². The molecule has 1 amide bonds. The maximum Gasteiger partial charge on any atom is 0.419 e. The van der Waals surface area contributed by atoms with Crippen molar-refractivity contribution in [2.45, 2.75) is 19.4 Å². The minimum absolute atomic E-state index is 0.187. The number of rotatable bonds is 5. The van der Waals surface area contributed by atoms with Gasteiger partial charge in [-0.3, -0.25) is 9.36 Å². The molecule has 8 heteroatoms. The van der Waals surface area contributed by atoms with E-state index >= 15 is 0 Å². The van der Waals surface area contributed by atoms with Crippen LogP contribution in [0.5, 0.6) is 0 Å². The van der Waals surface area contributed by atoms with Crippen LogP contribution in [0.3, 0.4) is 0 Å². The van der Waals surface area contributed by atoms with Crippen LogP contribution in [0, 0.1) is 0 Å². The molecule has 4 rings (SSSR count). The van der Waals surface area contributed by atoms with E-state index in [9.17, 15) is 9.59 Å². The van der Waals surface area contributed by atoms with Gasteiger partial charge in [0, 0.05) is 20.0 Å². The summed E-state index contributed by atoms with van der Waals surface area (Å²) >= 11 is 1.51. The maximum absolute atomic E-state index is 12.1. The fourth-order valence-corrected chi connectivity index (χ4v) is 3.96. The topological polar surface area (TPSA) is 81.5 Å². The molecule has 2 aromatic carbocycles. The number of carbonyl (C=O) groups excluding carboxylic acids is 1. The fourth-order valence-electron chi connectivity index (χ4n) is 2.98. The summed E-state index contributed by atoms with van der Waals surface area (Å²) < 4.78 is 9.79. The summed E-state index contributed by atoms with van der Waals surface area (Å²) in [4.78, 5) is 24.7. The van der Waals surface area contributed by atoms with E-state index in [1.165, 1.54) is 11.3 Å². The van der Waals surface area contributed by atoms with E-state index < -0.39 is 5.76 Å². The summed E-state index contributed by atoms with van der Waals surface area (Å²) in [6, 6.07) is 15.2. The van der Waals surface area contributed by atoms with E-state index in [4.69, 9.17) is 4.42 Å². The van der Waals surface area contributed by atoms with E-state index in [1.54, 1.807) is 10.6 Å². The zero-order valence-corrected chi connectivity index (χ0v) is 15.5. The van der Waals surface area contributed by atoms with Gasteiger partial charge in [-0.15, -0.1) is 5.10 Å². The zero-order valence-electron chi connectivity index (χ0n) is 14.7. The van der Waals surface area contributed by atoms with Crippen LogP contribution in [0.2, 0.25) is 0 Å². The van der Waals surface area contributed by atoms with Crippen molar-refractivity contribution in [3.63, 3.8) is 0 Å². The van der Waals surface area contributed by atoms with Crippen molar-refractivity contribution < 1.29 is 9.21 Å². The standard InChI is InChI=1S/C19H18N4O3S/c1-22-14-8-3-5-10-16(14)27-18(22)21-20-17(24)11-6-12-23-13-7-2-4-9-15(13)26-19(23)25/h2-5,7-10H,6,11-12H2,1H3,(H,20,24)/b21-18-. The first-order valence-corrected chi connectivity index (χ1v) is 9.40. The smallest absolute Gasteiger partial charge is 0.408 e. The van der Waals surface area contributed by atoms with Crippen molar-refractivity contribution in [3.05, 3.63) is 63.9 Å². The first-order chi connectivity index (χ1) is 13.1. The Kier molecular flexibility index (Phi) is 4.64. The van der Waals surface area contributed by atoms with Crippen LogP contribution < -0.4 is 16.0 Å². The van der Waals surface area contributed by atoms with Crippen molar-refractivity contribution in [3.8, 4) is 0 Å². The van der Waals surface area contributed by atoms with Gasteiger partial charge in [0.2, 0.25) is 10.7 Å². The third-order valence-corrected chi connectivity index (χ3v) is 5.46. The average molecular weight is 382 g/mol. The number of aryl methyl sites for hydroxylation is 2. The lowest BCUT2D eigenvalue weighted by Gasteiger charge is -2.02. The Bertz CT molecular complexity index is 1250. The summed E-state index contributed by atoms with van der Waals surface area (Å²) in [5.74, 6) is -0.591. The van der Waals surface area contributed by atoms with E-state index in [0.717, 1.165) is 20.5 Å². The number of hydrogen-bond donors (Lipinski definition) is 1. The fraction of sp³-hybridized carbons (Fsp3) is 0.211. The minimum Gasteiger partial charge on any atom is -0.408 e. The molecule has 0 spiro atoms. The quantitative estimate of drug-likeness (QED) is 0.539. The molecule has 0 aliphatic rings. The number of aromatic nitrogens is 2. The summed E-state index contributed by atoms with van der Waals surface area (Å²) in [6.07, 6.45) is 0.785. The number of amides is 1. The van der Waals surface area contributed by atoms with Gasteiger partial charge in [-0.25, -0.2) is 10.2 Å². The molecule has 2 aromatic heterocycles. The lowest BCUT2D eigenvalue weighted by atomic mass is 10.3. The Balaban J connectivity index is 1.40. The number of thiazole rings is 1. The Labute approximate surface area is 158 Å². The molecule has 0 unspecified atom stereocenters. The summed E-state index contributed by atoms with van der Waals surface area (Å²) in [6.45, 7) is 0.417. The highest BCUT2D eigenvalue weighted by molar-refractivity contribution is 7.16. The molecule has 0 aliphatic carbocycles. The summed E-state index contributed by atoms with van der Waals surface area (Å²) in [5.41, 5.74) is 4.96. The van der Waals surface area contributed by atoms with Crippen molar-refractivity contribution in [2.24, 2.45) is 12.1 Å². The highest BCUT2D eigenvalue weighted by Gasteiger charge is 2.09. The van der Waals surface area contributed by atoms with Crippen molar-refractivity contribution in [2.75, 3.05) is 0 Å². The molecule has 0 saturated heterocycles. The van der Waals surface area contributed by atoms with Gasteiger partial charge in [0.1, 0.15) is 0 Å². The predicted octanol–water partition coefficient (Wildman–Crippen LogP) is 2.56. The Hall–Kier alpha value is -3.13. The number of hydrogen-bond acceptors (Lipinski definition) is 5. The molecule has 0 fully saturated rings. The van der Waals surface area contributed by atoms with Gasteiger partial charge in [0.05, 0.1) is 15.7 Å². The minimum atomic E-state index is -0.404. The molecule has 0 radical (unpaired) electrons. The monoisotopic (exact) mass is 382 g/mol. The van der Waals surface area contributed by atoms with Crippen molar-refractivity contribution in [1.29, 1.82) is 0 Å². The highest BCUT2D eigenvalue weighted by atomic mass is 32.1. The molecule has 0 bridgehead atoms. The Morgan fingerprint density at radius 1 is 1.15 bits per heavy atom. The van der Waals surface area contributed by atoms with Crippen LogP contribution in [0.15, 0.2) is 62.8 Å². The van der Waals surface area contributed by atoms with Crippen LogP contribution in [-0.4, -0.2) is 15.0 Å². The van der Waals surface area contributed by atoms with Crippen LogP contribution in [0.4, 0.5) is 0 Å². The Morgan fingerprint density at radius 3 is 2.70 bits per heavy atom. The zero-order chi connectivity index (χ0) is 18.8. The lowest BCUT2D eigenvalue weighted by Crippen LogP contribution is -2.23. The highest BCUT2D eigenvalue weighted by Crippen LogP contribution is 2.15. The number of nitrogens with one attached hydrogen (secondary N) is 1. The number of carbonyl (C=O) groups is 1. The third-order valence-electron chi connectivity index (χ3n) is 4.35. The summed E-state index contributed by atoms with van der Waals surface area (Å²) in [5, 5.41) is 4.22. The van der Waals surface area contributed by atoms with E-state index in [0.29, 0.717) is 18.5 Å². The molecule has 7 nitrogen and oxygen atoms in total. The lowest BCUT2D eigenvalue weighted by molar-refractivity contribution is -0.121. The van der Waals surface area contributed by atoms with Gasteiger partial charge in [0.15, 0.2) is 5.58 Å². The number of nitrogens with zero attached hydrogens (tertiary/aromatic N) is 3. The van der Waals surface area contributed by atoms with E-state index in [1.807, 2.05) is 54.1 Å². The second kappa shape index (κ2) is 7.24. The van der Waals surface area contributed by atoms with Crippen LogP contribution >= 0.6 is 11.3 Å². The molecule has 2 heterocycles. The van der Waals surface area contributed by atoms with Crippen LogP contribution in [-0.2, 0) is 18.4 Å². The normalized spacial score (nSPS) is 12.1. The third kappa shape index (κ3) is 3.43. The average Bonchev–Trinajstić information content (AvgIpc) is 3.17. The maximum atomic E-state index is 12.1. The van der Waals surface area contributed by atoms with Gasteiger partial charge in [-0.1, -0.05) is 35.6 Å². The van der Waals surface area contributed by atoms with Crippen molar-refractivity contribution >= 4 is 38.6 Å². The molecule has 0 atom stereocenters. The largest absolute Gasteiger partial charge is 0.419 e. The number of oxazole rings is 1. The second-order valence-corrected chi connectivity index (χ2v) is 7.16. The molecule has 4 aromatic rings. The van der Waals surface area contributed by atoms with Gasteiger partial charge in [0.25, 0.3) is 0 Å². The second-order valence-electron chi connectivity index (χ2n) is 6.15. The molecular weight excluding hydrogens is 364 g/mol. The van der Waals surface area contributed by atoms with E-state index in [2.05, 4.69) is 10.5 Å². The summed E-state index contributed by atoms with van der Waals surface area (Å²) in [7, 11) is 1.92. The van der Waals surface area contributed by atoms with Gasteiger partial charge >= 0.3 is 5.76 Å². The van der Waals surface area contributed by atoms with Crippen molar-refractivity contribution in [1.82, 2.24) is 14.6 Å². The number of fused-ring (bicyclic) bond motifs is 2. The SMILES string of the molecule is Cn1/c(=N/NC(=O)CCCn2c(=O)oc3ccccc32)sc2ccccc21. The molecule has 0 saturated carbocycles.